The number of aryl methyl sites for hydroxylation is 1. The monoisotopic (exact) mass is 378 g/mol. The van der Waals surface area contributed by atoms with E-state index in [0.29, 0.717) is 23.3 Å². The van der Waals surface area contributed by atoms with Gasteiger partial charge in [0.05, 0.1) is 6.04 Å². The quantitative estimate of drug-likeness (QED) is 0.529. The molecule has 0 aliphatic heterocycles. The molecule has 0 saturated carbocycles. The number of carbonyl (C=O) groups is 1. The summed E-state index contributed by atoms with van der Waals surface area (Å²) >= 11 is 0. The summed E-state index contributed by atoms with van der Waals surface area (Å²) < 4.78 is 11.2. The maximum absolute atomic E-state index is 12.4. The van der Waals surface area contributed by atoms with Gasteiger partial charge >= 0.3 is 0 Å². The number of benzene rings is 1. The first-order chi connectivity index (χ1) is 13.6. The number of pyridine rings is 1. The van der Waals surface area contributed by atoms with E-state index in [9.17, 15) is 4.79 Å². The highest BCUT2D eigenvalue weighted by atomic mass is 16.5. The van der Waals surface area contributed by atoms with E-state index in [1.807, 2.05) is 24.3 Å². The molecule has 9 heteroatoms. The number of oxazole rings is 1. The fourth-order valence-electron chi connectivity index (χ4n) is 2.73. The number of rotatable bonds is 6. The van der Waals surface area contributed by atoms with Crippen LogP contribution in [0.25, 0.3) is 10.8 Å². The Morgan fingerprint density at radius 3 is 3.04 bits per heavy atom. The zero-order valence-corrected chi connectivity index (χ0v) is 15.3. The Bertz CT molecular complexity index is 1110. The fraction of sp³-hybridized carbons (Fsp3) is 0.211. The second-order valence-corrected chi connectivity index (χ2v) is 6.24. The van der Waals surface area contributed by atoms with E-state index in [1.165, 1.54) is 6.26 Å². The van der Waals surface area contributed by atoms with E-state index in [2.05, 4.69) is 30.5 Å². The first-order valence-corrected chi connectivity index (χ1v) is 8.70. The van der Waals surface area contributed by atoms with E-state index in [1.54, 1.807) is 26.2 Å². The molecule has 1 atom stereocenters. The summed E-state index contributed by atoms with van der Waals surface area (Å²) in [6.45, 7) is 3.69. The third kappa shape index (κ3) is 3.68. The molecular weight excluding hydrogens is 360 g/mol. The molecule has 3 aromatic heterocycles. The Hall–Kier alpha value is -3.75. The van der Waals surface area contributed by atoms with Crippen LogP contribution in [0, 0.1) is 6.92 Å². The summed E-state index contributed by atoms with van der Waals surface area (Å²) in [5, 5.41) is 11.5. The van der Waals surface area contributed by atoms with Gasteiger partial charge in [0, 0.05) is 23.2 Å². The van der Waals surface area contributed by atoms with Crippen molar-refractivity contribution >= 4 is 16.7 Å². The second kappa shape index (κ2) is 7.47. The molecule has 9 nitrogen and oxygen atoms in total. The number of hydrogen-bond donors (Lipinski definition) is 2. The van der Waals surface area contributed by atoms with Gasteiger partial charge in [-0.1, -0.05) is 12.1 Å². The van der Waals surface area contributed by atoms with Crippen molar-refractivity contribution < 1.29 is 13.9 Å². The van der Waals surface area contributed by atoms with Crippen LogP contribution in [-0.4, -0.2) is 31.1 Å². The second-order valence-electron chi connectivity index (χ2n) is 6.24. The van der Waals surface area contributed by atoms with Crippen molar-refractivity contribution in [2.45, 2.75) is 26.5 Å². The van der Waals surface area contributed by atoms with Crippen LogP contribution >= 0.6 is 0 Å². The normalized spacial score (nSPS) is 12.1. The van der Waals surface area contributed by atoms with Crippen molar-refractivity contribution in [3.05, 3.63) is 66.2 Å². The maximum atomic E-state index is 12.4. The molecule has 0 aliphatic carbocycles. The Kier molecular flexibility index (Phi) is 4.71. The minimum absolute atomic E-state index is 0.102. The lowest BCUT2D eigenvalue weighted by Crippen LogP contribution is -2.27. The van der Waals surface area contributed by atoms with Gasteiger partial charge in [0.1, 0.15) is 17.8 Å². The van der Waals surface area contributed by atoms with Crippen molar-refractivity contribution in [3.63, 3.8) is 0 Å². The molecule has 0 spiro atoms. The molecule has 1 amide bonds. The Labute approximate surface area is 160 Å². The Morgan fingerprint density at radius 2 is 2.21 bits per heavy atom. The highest BCUT2D eigenvalue weighted by Gasteiger charge is 2.18. The number of carbonyl (C=O) groups excluding carboxylic acids is 1. The number of nitrogens with one attached hydrogen (secondary N) is 2. The molecule has 2 N–H and O–H groups in total. The molecule has 0 bridgehead atoms. The zero-order chi connectivity index (χ0) is 19.5. The van der Waals surface area contributed by atoms with Gasteiger partial charge in [0.25, 0.3) is 5.91 Å². The summed E-state index contributed by atoms with van der Waals surface area (Å²) in [5.74, 6) is 1.81. The third-order valence-electron chi connectivity index (χ3n) is 4.13. The summed E-state index contributed by atoms with van der Waals surface area (Å²) in [5.41, 5.74) is 0.167. The minimum atomic E-state index is -0.374. The molecule has 4 aromatic rings. The van der Waals surface area contributed by atoms with Crippen LogP contribution in [0.5, 0.6) is 5.75 Å². The largest absolute Gasteiger partial charge is 0.483 e. The van der Waals surface area contributed by atoms with E-state index in [0.717, 1.165) is 10.8 Å². The van der Waals surface area contributed by atoms with E-state index in [-0.39, 0.29) is 24.2 Å². The van der Waals surface area contributed by atoms with Gasteiger partial charge in [-0.3, -0.25) is 14.9 Å². The average molecular weight is 378 g/mol. The molecular formula is C19H18N6O3. The van der Waals surface area contributed by atoms with Crippen LogP contribution in [0.2, 0.25) is 0 Å². The standard InChI is InChI=1S/C19H18N6O3/c1-11(18-22-12(2)24-25-18)21-19(26)15-9-28-17(23-15)10-27-16-5-3-4-13-8-20-7-6-14(13)16/h3-9,11H,10H2,1-2H3,(H,21,26)(H,22,24,25)/t11-/m0/s1. The molecule has 3 heterocycles. The predicted octanol–water partition coefficient (Wildman–Crippen LogP) is 2.72. The first kappa shape index (κ1) is 17.7. The number of aromatic nitrogens is 5. The van der Waals surface area contributed by atoms with Crippen LogP contribution in [0.3, 0.4) is 0 Å². The van der Waals surface area contributed by atoms with E-state index >= 15 is 0 Å². The summed E-state index contributed by atoms with van der Waals surface area (Å²) in [6.07, 6.45) is 4.78. The Balaban J connectivity index is 1.40. The van der Waals surface area contributed by atoms with Gasteiger partial charge < -0.3 is 14.5 Å². The highest BCUT2D eigenvalue weighted by molar-refractivity contribution is 5.92. The van der Waals surface area contributed by atoms with E-state index < -0.39 is 0 Å². The average Bonchev–Trinajstić information content (AvgIpc) is 3.35. The zero-order valence-electron chi connectivity index (χ0n) is 15.3. The van der Waals surface area contributed by atoms with Crippen molar-refractivity contribution in [2.24, 2.45) is 0 Å². The predicted molar refractivity (Wildman–Crippen MR) is 99.6 cm³/mol. The highest BCUT2D eigenvalue weighted by Crippen LogP contribution is 2.25. The van der Waals surface area contributed by atoms with Crippen LogP contribution in [0.1, 0.15) is 41.0 Å². The lowest BCUT2D eigenvalue weighted by molar-refractivity contribution is 0.0933. The van der Waals surface area contributed by atoms with Gasteiger partial charge in [-0.25, -0.2) is 9.97 Å². The Morgan fingerprint density at radius 1 is 1.32 bits per heavy atom. The smallest absolute Gasteiger partial charge is 0.273 e. The third-order valence-corrected chi connectivity index (χ3v) is 4.13. The molecule has 142 valence electrons. The molecule has 0 unspecified atom stereocenters. The number of amides is 1. The van der Waals surface area contributed by atoms with Gasteiger partial charge in [-0.2, -0.15) is 5.10 Å². The van der Waals surface area contributed by atoms with Crippen molar-refractivity contribution in [1.82, 2.24) is 30.5 Å². The SMILES string of the molecule is Cc1nc([C@H](C)NC(=O)c2coc(COc3cccc4cnccc34)n2)n[nH]1. The molecule has 0 radical (unpaired) electrons. The van der Waals surface area contributed by atoms with Crippen molar-refractivity contribution in [1.29, 1.82) is 0 Å². The fourth-order valence-corrected chi connectivity index (χ4v) is 2.73. The summed E-state index contributed by atoms with van der Waals surface area (Å²) in [7, 11) is 0. The van der Waals surface area contributed by atoms with Crippen molar-refractivity contribution in [2.75, 3.05) is 0 Å². The van der Waals surface area contributed by atoms with Gasteiger partial charge in [-0.15, -0.1) is 0 Å². The number of hydrogen-bond acceptors (Lipinski definition) is 7. The number of fused-ring (bicyclic) bond motifs is 1. The van der Waals surface area contributed by atoms with Crippen LogP contribution < -0.4 is 10.1 Å². The van der Waals surface area contributed by atoms with Gasteiger partial charge in [0.2, 0.25) is 5.89 Å². The molecule has 4 rings (SSSR count). The van der Waals surface area contributed by atoms with Gasteiger partial charge in [-0.05, 0) is 26.0 Å². The topological polar surface area (TPSA) is 119 Å². The number of aromatic amines is 1. The molecule has 0 saturated heterocycles. The van der Waals surface area contributed by atoms with Crippen LogP contribution in [-0.2, 0) is 6.61 Å². The molecule has 28 heavy (non-hydrogen) atoms. The number of ether oxygens (including phenoxy) is 1. The summed E-state index contributed by atoms with van der Waals surface area (Å²) in [6, 6.07) is 7.22. The molecule has 0 fully saturated rings. The molecule has 0 aliphatic rings. The first-order valence-electron chi connectivity index (χ1n) is 8.70. The van der Waals surface area contributed by atoms with Crippen molar-refractivity contribution in [3.8, 4) is 5.75 Å². The van der Waals surface area contributed by atoms with E-state index in [4.69, 9.17) is 9.15 Å². The summed E-state index contributed by atoms with van der Waals surface area (Å²) in [4.78, 5) is 24.8. The van der Waals surface area contributed by atoms with Crippen LogP contribution in [0.15, 0.2) is 47.3 Å². The maximum Gasteiger partial charge on any atom is 0.273 e. The number of nitrogens with zero attached hydrogens (tertiary/aromatic N) is 4. The van der Waals surface area contributed by atoms with Crippen LogP contribution in [0.4, 0.5) is 0 Å². The van der Waals surface area contributed by atoms with Gasteiger partial charge in [0.15, 0.2) is 18.1 Å². The minimum Gasteiger partial charge on any atom is -0.483 e. The molecule has 1 aromatic carbocycles. The lowest BCUT2D eigenvalue weighted by Gasteiger charge is -2.08. The number of H-pyrrole nitrogens is 1. The lowest BCUT2D eigenvalue weighted by atomic mass is 10.1.